The van der Waals surface area contributed by atoms with Crippen molar-refractivity contribution >= 4 is 27.1 Å². The predicted molar refractivity (Wildman–Crippen MR) is 77.5 cm³/mol. The molecule has 0 atom stereocenters. The first-order valence-corrected chi connectivity index (χ1v) is 8.75. The second-order valence-electron chi connectivity index (χ2n) is 4.48. The Morgan fingerprint density at radius 3 is 2.71 bits per heavy atom. The molecule has 3 rings (SSSR count). The van der Waals surface area contributed by atoms with Crippen molar-refractivity contribution in [3.63, 3.8) is 0 Å². The minimum Gasteiger partial charge on any atom is -0.312 e. The Bertz CT molecular complexity index is 854. The number of hydrogen-bond donors (Lipinski definition) is 0. The molecule has 2 heterocycles. The van der Waals surface area contributed by atoms with Crippen molar-refractivity contribution in [2.24, 2.45) is 5.16 Å². The highest BCUT2D eigenvalue weighted by Gasteiger charge is 2.28. The lowest BCUT2D eigenvalue weighted by atomic mass is 10.2. The zero-order chi connectivity index (χ0) is 14.9. The summed E-state index contributed by atoms with van der Waals surface area (Å²) < 4.78 is 24.0. The Hall–Kier alpha value is -1.99. The molecule has 0 aliphatic carbocycles. The molecule has 0 unspecified atom stereocenters. The summed E-state index contributed by atoms with van der Waals surface area (Å²) in [4.78, 5) is 16.7. The van der Waals surface area contributed by atoms with Crippen LogP contribution in [0.3, 0.4) is 0 Å². The van der Waals surface area contributed by atoms with E-state index in [-0.39, 0.29) is 5.75 Å². The molecule has 21 heavy (non-hydrogen) atoms. The molecule has 0 N–H and O–H groups in total. The number of nitrogens with zero attached hydrogens (tertiary/aromatic N) is 1. The second kappa shape index (κ2) is 5.42. The Morgan fingerprint density at radius 2 is 1.95 bits per heavy atom. The average molecular weight is 321 g/mol. The van der Waals surface area contributed by atoms with Crippen LogP contribution in [0.1, 0.15) is 15.9 Å². The highest BCUT2D eigenvalue weighted by Crippen LogP contribution is 2.26. The summed E-state index contributed by atoms with van der Waals surface area (Å²) in [5.74, 6) is -0.490. The SMILES string of the molecule is O=C(O/N=c1\ccsc2c1CCS2(=O)=O)c1ccccc1. The van der Waals surface area contributed by atoms with Crippen LogP contribution in [0.4, 0.5) is 0 Å². The van der Waals surface area contributed by atoms with Crippen LogP contribution in [0.25, 0.3) is 0 Å². The van der Waals surface area contributed by atoms with Gasteiger partial charge >= 0.3 is 5.97 Å². The third-order valence-electron chi connectivity index (χ3n) is 3.10. The number of carbonyl (C=O) groups is 1. The molecule has 1 aromatic heterocycles. The van der Waals surface area contributed by atoms with E-state index >= 15 is 0 Å². The van der Waals surface area contributed by atoms with Crippen LogP contribution in [0.5, 0.6) is 0 Å². The topological polar surface area (TPSA) is 72.8 Å². The normalized spacial score (nSPS) is 16.5. The maximum atomic E-state index is 11.8. The predicted octanol–water partition coefficient (Wildman–Crippen LogP) is 1.75. The first kappa shape index (κ1) is 14.0. The molecule has 0 bridgehead atoms. The van der Waals surface area contributed by atoms with Gasteiger partial charge in [-0.3, -0.25) is 0 Å². The number of benzene rings is 1. The van der Waals surface area contributed by atoms with Gasteiger partial charge in [-0.25, -0.2) is 13.2 Å². The number of fused-ring (bicyclic) bond motifs is 1. The van der Waals surface area contributed by atoms with Crippen molar-refractivity contribution in [1.82, 2.24) is 0 Å². The van der Waals surface area contributed by atoms with E-state index in [2.05, 4.69) is 5.16 Å². The zero-order valence-electron chi connectivity index (χ0n) is 10.9. The van der Waals surface area contributed by atoms with E-state index in [1.165, 1.54) is 0 Å². The Balaban J connectivity index is 1.93. The van der Waals surface area contributed by atoms with Gasteiger partial charge in [0.05, 0.1) is 11.3 Å². The van der Waals surface area contributed by atoms with Crippen molar-refractivity contribution < 1.29 is 18.0 Å². The van der Waals surface area contributed by atoms with Gasteiger partial charge in [0, 0.05) is 5.56 Å². The fraction of sp³-hybridized carbons (Fsp3) is 0.143. The Labute approximate surface area is 125 Å². The van der Waals surface area contributed by atoms with E-state index < -0.39 is 15.8 Å². The Kier molecular flexibility index (Phi) is 3.60. The fourth-order valence-electron chi connectivity index (χ4n) is 2.06. The number of sulfone groups is 1. The Morgan fingerprint density at radius 1 is 1.19 bits per heavy atom. The summed E-state index contributed by atoms with van der Waals surface area (Å²) in [6, 6.07) is 10.2. The summed E-state index contributed by atoms with van der Waals surface area (Å²) in [7, 11) is -3.20. The molecule has 0 saturated heterocycles. The molecule has 7 heteroatoms. The standard InChI is InChI=1S/C14H11NO4S2/c16-13(10-4-2-1-3-5-10)19-15-12-6-8-20-14-11(12)7-9-21(14,17)18/h1-6,8H,7,9H2/b15-12+. The third-order valence-corrected chi connectivity index (χ3v) is 6.43. The summed E-state index contributed by atoms with van der Waals surface area (Å²) in [5, 5.41) is 5.85. The summed E-state index contributed by atoms with van der Waals surface area (Å²) in [6.45, 7) is 0. The number of carbonyl (C=O) groups excluding carboxylic acids is 1. The lowest BCUT2D eigenvalue weighted by molar-refractivity contribution is 0.0497. The number of rotatable bonds is 2. The van der Waals surface area contributed by atoms with Crippen LogP contribution >= 0.6 is 11.3 Å². The van der Waals surface area contributed by atoms with E-state index in [9.17, 15) is 13.2 Å². The molecule has 1 aliphatic rings. The van der Waals surface area contributed by atoms with Crippen LogP contribution in [-0.2, 0) is 21.1 Å². The second-order valence-corrected chi connectivity index (χ2v) is 7.70. The van der Waals surface area contributed by atoms with Crippen LogP contribution < -0.4 is 5.36 Å². The van der Waals surface area contributed by atoms with Gasteiger partial charge in [-0.15, -0.1) is 11.3 Å². The molecule has 0 amide bonds. The highest BCUT2D eigenvalue weighted by molar-refractivity contribution is 7.93. The van der Waals surface area contributed by atoms with E-state index in [4.69, 9.17) is 4.84 Å². The number of hydrogen-bond acceptors (Lipinski definition) is 6. The van der Waals surface area contributed by atoms with Gasteiger partial charge in [-0.05, 0) is 30.0 Å². The molecule has 5 nitrogen and oxygen atoms in total. The molecular weight excluding hydrogens is 310 g/mol. The molecule has 1 aromatic carbocycles. The maximum absolute atomic E-state index is 11.8. The van der Waals surface area contributed by atoms with Gasteiger partial charge in [-0.1, -0.05) is 23.4 Å². The molecule has 0 spiro atoms. The van der Waals surface area contributed by atoms with Crippen molar-refractivity contribution in [2.45, 2.75) is 10.6 Å². The largest absolute Gasteiger partial charge is 0.365 e. The van der Waals surface area contributed by atoms with Gasteiger partial charge in [0.2, 0.25) is 0 Å². The van der Waals surface area contributed by atoms with Crippen LogP contribution in [0.2, 0.25) is 0 Å². The fourth-order valence-corrected chi connectivity index (χ4v) is 4.97. The molecule has 0 fully saturated rings. The molecule has 2 aromatic rings. The maximum Gasteiger partial charge on any atom is 0.365 e. The van der Waals surface area contributed by atoms with Gasteiger partial charge in [0.1, 0.15) is 9.57 Å². The molecular formula is C14H11NO4S2. The monoisotopic (exact) mass is 321 g/mol. The summed E-state index contributed by atoms with van der Waals surface area (Å²) in [6.07, 6.45) is 0.400. The highest BCUT2D eigenvalue weighted by atomic mass is 32.2. The minimum absolute atomic E-state index is 0.0813. The lowest BCUT2D eigenvalue weighted by Gasteiger charge is -1.99. The minimum atomic E-state index is -3.20. The van der Waals surface area contributed by atoms with Gasteiger partial charge in [0.15, 0.2) is 9.84 Å². The van der Waals surface area contributed by atoms with E-state index in [0.717, 1.165) is 11.3 Å². The smallest absolute Gasteiger partial charge is 0.312 e. The van der Waals surface area contributed by atoms with Gasteiger partial charge in [0.25, 0.3) is 0 Å². The van der Waals surface area contributed by atoms with E-state index in [1.807, 2.05) is 0 Å². The van der Waals surface area contributed by atoms with Crippen LogP contribution in [0.15, 0.2) is 51.1 Å². The van der Waals surface area contributed by atoms with Gasteiger partial charge < -0.3 is 4.84 Å². The zero-order valence-corrected chi connectivity index (χ0v) is 12.5. The summed E-state index contributed by atoms with van der Waals surface area (Å²) >= 11 is 1.16. The van der Waals surface area contributed by atoms with E-state index in [0.29, 0.717) is 27.1 Å². The molecule has 1 aliphatic heterocycles. The van der Waals surface area contributed by atoms with Crippen LogP contribution in [-0.4, -0.2) is 20.1 Å². The molecule has 0 saturated carbocycles. The van der Waals surface area contributed by atoms with Crippen molar-refractivity contribution in [1.29, 1.82) is 0 Å². The van der Waals surface area contributed by atoms with Crippen LogP contribution in [0, 0.1) is 0 Å². The van der Waals surface area contributed by atoms with Crippen molar-refractivity contribution in [3.8, 4) is 0 Å². The quantitative estimate of drug-likeness (QED) is 0.624. The summed E-state index contributed by atoms with van der Waals surface area (Å²) in [5.41, 5.74) is 1.02. The van der Waals surface area contributed by atoms with Crippen molar-refractivity contribution in [2.75, 3.05) is 5.75 Å². The third kappa shape index (κ3) is 2.74. The molecule has 108 valence electrons. The average Bonchev–Trinajstić information content (AvgIpc) is 2.82. The lowest BCUT2D eigenvalue weighted by Crippen LogP contribution is -2.11. The van der Waals surface area contributed by atoms with Gasteiger partial charge in [-0.2, -0.15) is 0 Å². The van der Waals surface area contributed by atoms with Crippen molar-refractivity contribution in [3.05, 3.63) is 58.3 Å². The first-order valence-electron chi connectivity index (χ1n) is 6.22. The molecule has 0 radical (unpaired) electrons. The van der Waals surface area contributed by atoms with E-state index in [1.54, 1.807) is 41.8 Å². The first-order chi connectivity index (χ1) is 10.1.